The van der Waals surface area contributed by atoms with Gasteiger partial charge in [0.2, 0.25) is 0 Å². The summed E-state index contributed by atoms with van der Waals surface area (Å²) in [6.07, 6.45) is 3.32. The minimum Gasteiger partial charge on any atom is -0.493 e. The van der Waals surface area contributed by atoms with E-state index in [9.17, 15) is 0 Å². The van der Waals surface area contributed by atoms with Gasteiger partial charge in [0, 0.05) is 17.6 Å². The van der Waals surface area contributed by atoms with Crippen molar-refractivity contribution in [3.8, 4) is 11.5 Å². The minimum atomic E-state index is 0.667. The number of ether oxygens (including phenoxy) is 2. The second-order valence-corrected chi connectivity index (χ2v) is 4.88. The van der Waals surface area contributed by atoms with Gasteiger partial charge in [-0.3, -0.25) is 0 Å². The van der Waals surface area contributed by atoms with Gasteiger partial charge in [-0.1, -0.05) is 31.9 Å². The maximum atomic E-state index is 6.27. The summed E-state index contributed by atoms with van der Waals surface area (Å²) in [5.74, 6) is 1.46. The number of benzene rings is 1. The standard InChI is InChI=1S/C15H24ClNO2/c1-4-6-7-17-11-12-9-14(18-3)15(10-13(12)16)19-8-5-2/h9-10,17H,4-8,11H2,1-3H3. The number of rotatable bonds is 9. The van der Waals surface area contributed by atoms with Crippen molar-refractivity contribution in [1.82, 2.24) is 5.32 Å². The molecular formula is C15H24ClNO2. The Morgan fingerprint density at radius 2 is 1.95 bits per heavy atom. The number of halogens is 1. The molecule has 0 atom stereocenters. The Kier molecular flexibility index (Phi) is 7.68. The molecule has 0 saturated heterocycles. The minimum absolute atomic E-state index is 0.667. The van der Waals surface area contributed by atoms with Crippen LogP contribution in [0.3, 0.4) is 0 Å². The van der Waals surface area contributed by atoms with Gasteiger partial charge in [0.15, 0.2) is 11.5 Å². The molecule has 108 valence electrons. The molecule has 0 spiro atoms. The van der Waals surface area contributed by atoms with E-state index in [2.05, 4.69) is 19.2 Å². The summed E-state index contributed by atoms with van der Waals surface area (Å²) in [4.78, 5) is 0. The summed E-state index contributed by atoms with van der Waals surface area (Å²) >= 11 is 6.27. The Bertz CT molecular complexity index is 383. The molecule has 0 aliphatic carbocycles. The first-order valence-corrected chi connectivity index (χ1v) is 7.30. The average Bonchev–Trinajstić information content (AvgIpc) is 2.42. The van der Waals surface area contributed by atoms with Crippen molar-refractivity contribution in [2.45, 2.75) is 39.7 Å². The molecule has 0 aromatic heterocycles. The van der Waals surface area contributed by atoms with E-state index in [1.54, 1.807) is 7.11 Å². The summed E-state index contributed by atoms with van der Waals surface area (Å²) in [6.45, 7) is 6.67. The van der Waals surface area contributed by atoms with Gasteiger partial charge < -0.3 is 14.8 Å². The quantitative estimate of drug-likeness (QED) is 0.695. The van der Waals surface area contributed by atoms with E-state index in [4.69, 9.17) is 21.1 Å². The number of hydrogen-bond acceptors (Lipinski definition) is 3. The maximum Gasteiger partial charge on any atom is 0.162 e. The van der Waals surface area contributed by atoms with Gasteiger partial charge in [0.05, 0.1) is 13.7 Å². The second kappa shape index (κ2) is 9.05. The average molecular weight is 286 g/mol. The lowest BCUT2D eigenvalue weighted by atomic mass is 10.2. The van der Waals surface area contributed by atoms with E-state index in [0.29, 0.717) is 12.4 Å². The van der Waals surface area contributed by atoms with Crippen LogP contribution in [0.1, 0.15) is 38.7 Å². The molecule has 0 aliphatic rings. The highest BCUT2D eigenvalue weighted by atomic mass is 35.5. The molecule has 0 aliphatic heterocycles. The first-order chi connectivity index (χ1) is 9.22. The van der Waals surface area contributed by atoms with Crippen LogP contribution in [-0.4, -0.2) is 20.3 Å². The Morgan fingerprint density at radius 3 is 2.58 bits per heavy atom. The van der Waals surface area contributed by atoms with E-state index in [-0.39, 0.29) is 0 Å². The molecule has 0 heterocycles. The molecule has 1 N–H and O–H groups in total. The van der Waals surface area contributed by atoms with Gasteiger partial charge in [0.25, 0.3) is 0 Å². The van der Waals surface area contributed by atoms with Gasteiger partial charge in [-0.2, -0.15) is 0 Å². The normalized spacial score (nSPS) is 10.5. The lowest BCUT2D eigenvalue weighted by molar-refractivity contribution is 0.294. The second-order valence-electron chi connectivity index (χ2n) is 4.47. The van der Waals surface area contributed by atoms with Gasteiger partial charge in [-0.15, -0.1) is 0 Å². The van der Waals surface area contributed by atoms with E-state index in [0.717, 1.165) is 35.8 Å². The molecule has 0 unspecified atom stereocenters. The topological polar surface area (TPSA) is 30.5 Å². The third kappa shape index (κ3) is 5.29. The Hall–Kier alpha value is -0.930. The zero-order chi connectivity index (χ0) is 14.1. The van der Waals surface area contributed by atoms with Crippen molar-refractivity contribution >= 4 is 11.6 Å². The fraction of sp³-hybridized carbons (Fsp3) is 0.600. The summed E-state index contributed by atoms with van der Waals surface area (Å²) in [6, 6.07) is 3.79. The summed E-state index contributed by atoms with van der Waals surface area (Å²) in [5, 5.41) is 4.09. The van der Waals surface area contributed by atoms with Crippen molar-refractivity contribution in [3.63, 3.8) is 0 Å². The molecule has 1 aromatic carbocycles. The van der Waals surface area contributed by atoms with Crippen molar-refractivity contribution in [3.05, 3.63) is 22.7 Å². The molecule has 0 bridgehead atoms. The highest BCUT2D eigenvalue weighted by Gasteiger charge is 2.10. The SMILES string of the molecule is CCCCNCc1cc(OC)c(OCCC)cc1Cl. The zero-order valence-electron chi connectivity index (χ0n) is 12.1. The molecule has 1 rings (SSSR count). The fourth-order valence-electron chi connectivity index (χ4n) is 1.72. The number of unbranched alkanes of at least 4 members (excludes halogenated alkanes) is 1. The van der Waals surface area contributed by atoms with E-state index in [1.807, 2.05) is 12.1 Å². The first-order valence-electron chi connectivity index (χ1n) is 6.92. The molecule has 4 heteroatoms. The van der Waals surface area contributed by atoms with E-state index >= 15 is 0 Å². The van der Waals surface area contributed by atoms with Crippen molar-refractivity contribution < 1.29 is 9.47 Å². The largest absolute Gasteiger partial charge is 0.493 e. The van der Waals surface area contributed by atoms with Gasteiger partial charge >= 0.3 is 0 Å². The number of nitrogens with one attached hydrogen (secondary N) is 1. The lowest BCUT2D eigenvalue weighted by Gasteiger charge is -2.13. The predicted octanol–water partition coefficient (Wildman–Crippen LogP) is 4.03. The summed E-state index contributed by atoms with van der Waals surface area (Å²) in [5.41, 5.74) is 1.04. The third-order valence-corrected chi connectivity index (χ3v) is 3.17. The third-order valence-electron chi connectivity index (χ3n) is 2.82. The molecule has 0 saturated carbocycles. The van der Waals surface area contributed by atoms with Crippen LogP contribution >= 0.6 is 11.6 Å². The van der Waals surface area contributed by atoms with Crippen LogP contribution in [0.4, 0.5) is 0 Å². The summed E-state index contributed by atoms with van der Waals surface area (Å²) in [7, 11) is 1.65. The van der Waals surface area contributed by atoms with E-state index in [1.165, 1.54) is 12.8 Å². The molecule has 19 heavy (non-hydrogen) atoms. The van der Waals surface area contributed by atoms with Crippen LogP contribution in [0.2, 0.25) is 5.02 Å². The fourth-order valence-corrected chi connectivity index (χ4v) is 1.94. The predicted molar refractivity (Wildman–Crippen MR) is 80.4 cm³/mol. The van der Waals surface area contributed by atoms with Gasteiger partial charge in [0.1, 0.15) is 0 Å². The Labute approximate surface area is 121 Å². The molecule has 0 radical (unpaired) electrons. The van der Waals surface area contributed by atoms with Crippen molar-refractivity contribution in [2.75, 3.05) is 20.3 Å². The molecule has 0 amide bonds. The van der Waals surface area contributed by atoms with Crippen LogP contribution in [0, 0.1) is 0 Å². The van der Waals surface area contributed by atoms with Crippen LogP contribution in [-0.2, 0) is 6.54 Å². The highest BCUT2D eigenvalue weighted by molar-refractivity contribution is 6.31. The maximum absolute atomic E-state index is 6.27. The van der Waals surface area contributed by atoms with Crippen molar-refractivity contribution in [1.29, 1.82) is 0 Å². The van der Waals surface area contributed by atoms with Crippen molar-refractivity contribution in [2.24, 2.45) is 0 Å². The number of hydrogen-bond donors (Lipinski definition) is 1. The monoisotopic (exact) mass is 285 g/mol. The van der Waals surface area contributed by atoms with Crippen LogP contribution in [0.15, 0.2) is 12.1 Å². The smallest absolute Gasteiger partial charge is 0.162 e. The molecular weight excluding hydrogens is 262 g/mol. The van der Waals surface area contributed by atoms with E-state index < -0.39 is 0 Å². The lowest BCUT2D eigenvalue weighted by Crippen LogP contribution is -2.14. The Morgan fingerprint density at radius 1 is 1.16 bits per heavy atom. The first kappa shape index (κ1) is 16.1. The van der Waals surface area contributed by atoms with Crippen LogP contribution in [0.25, 0.3) is 0 Å². The van der Waals surface area contributed by atoms with Gasteiger partial charge in [-0.25, -0.2) is 0 Å². The number of methoxy groups -OCH3 is 1. The summed E-state index contributed by atoms with van der Waals surface area (Å²) < 4.78 is 11.0. The highest BCUT2D eigenvalue weighted by Crippen LogP contribution is 2.33. The Balaban J connectivity index is 2.71. The zero-order valence-corrected chi connectivity index (χ0v) is 12.8. The molecule has 1 aromatic rings. The molecule has 0 fully saturated rings. The molecule has 3 nitrogen and oxygen atoms in total. The van der Waals surface area contributed by atoms with Gasteiger partial charge in [-0.05, 0) is 31.0 Å². The van der Waals surface area contributed by atoms with Crippen LogP contribution in [0.5, 0.6) is 11.5 Å². The van der Waals surface area contributed by atoms with Crippen LogP contribution < -0.4 is 14.8 Å².